The van der Waals surface area contributed by atoms with Gasteiger partial charge in [0.2, 0.25) is 5.91 Å². The van der Waals surface area contributed by atoms with Crippen LogP contribution in [0, 0.1) is 11.8 Å². The minimum Gasteiger partial charge on any atom is -0.273 e. The molecule has 1 saturated carbocycles. The number of carbonyl (C=O) groups excluding carboxylic acids is 1. The number of amides is 1. The molecule has 0 radical (unpaired) electrons. The Hall–Kier alpha value is -2.16. The minimum absolute atomic E-state index is 0.0385. The molecule has 0 bridgehead atoms. The van der Waals surface area contributed by atoms with Crippen molar-refractivity contribution in [2.24, 2.45) is 16.9 Å². The van der Waals surface area contributed by atoms with E-state index in [1.54, 1.807) is 0 Å². The Kier molecular flexibility index (Phi) is 4.46. The van der Waals surface area contributed by atoms with Crippen LogP contribution in [-0.4, -0.2) is 11.6 Å². The Morgan fingerprint density at radius 1 is 1.30 bits per heavy atom. The summed E-state index contributed by atoms with van der Waals surface area (Å²) in [5.41, 5.74) is 7.35. The summed E-state index contributed by atoms with van der Waals surface area (Å²) in [6.45, 7) is 8.16. The molecule has 1 aromatic rings. The highest BCUT2D eigenvalue weighted by molar-refractivity contribution is 6.01. The second-order valence-corrected chi connectivity index (χ2v) is 6.76. The van der Waals surface area contributed by atoms with Crippen LogP contribution in [-0.2, 0) is 4.79 Å². The lowest BCUT2D eigenvalue weighted by molar-refractivity contribution is -0.122. The molecule has 1 fully saturated rings. The van der Waals surface area contributed by atoms with Gasteiger partial charge in [-0.2, -0.15) is 5.10 Å². The molecule has 1 N–H and O–H groups in total. The van der Waals surface area contributed by atoms with Crippen molar-refractivity contribution in [2.75, 3.05) is 0 Å². The zero-order valence-corrected chi connectivity index (χ0v) is 13.9. The number of hydrogen-bond donors (Lipinski definition) is 1. The third kappa shape index (κ3) is 3.61. The van der Waals surface area contributed by atoms with Gasteiger partial charge in [-0.25, -0.2) is 5.43 Å². The SMILES string of the molecule is C=C(C)[C@@H]1CC=C(C)/C(=N\NC(=O)[C@@H]2C[C@H]2c2ccccc2)C1. The van der Waals surface area contributed by atoms with Crippen LogP contribution in [0.1, 0.15) is 44.6 Å². The summed E-state index contributed by atoms with van der Waals surface area (Å²) in [5, 5.41) is 4.39. The van der Waals surface area contributed by atoms with E-state index in [-0.39, 0.29) is 11.8 Å². The first kappa shape index (κ1) is 15.7. The van der Waals surface area contributed by atoms with Gasteiger partial charge >= 0.3 is 0 Å². The maximum atomic E-state index is 12.3. The average molecular weight is 308 g/mol. The maximum Gasteiger partial charge on any atom is 0.243 e. The molecular weight excluding hydrogens is 284 g/mol. The second-order valence-electron chi connectivity index (χ2n) is 6.76. The molecule has 120 valence electrons. The van der Waals surface area contributed by atoms with Gasteiger partial charge in [-0.05, 0) is 56.1 Å². The molecule has 3 atom stereocenters. The number of hydrogen-bond acceptors (Lipinski definition) is 2. The number of carbonyl (C=O) groups is 1. The number of benzene rings is 1. The molecule has 0 heterocycles. The first-order valence-electron chi connectivity index (χ1n) is 8.30. The first-order chi connectivity index (χ1) is 11.1. The third-order valence-electron chi connectivity index (χ3n) is 4.96. The highest BCUT2D eigenvalue weighted by Gasteiger charge is 2.43. The van der Waals surface area contributed by atoms with Crippen molar-refractivity contribution in [1.29, 1.82) is 0 Å². The molecule has 2 aliphatic rings. The topological polar surface area (TPSA) is 41.5 Å². The van der Waals surface area contributed by atoms with Crippen LogP contribution in [0.15, 0.2) is 59.2 Å². The van der Waals surface area contributed by atoms with Crippen molar-refractivity contribution in [1.82, 2.24) is 5.43 Å². The van der Waals surface area contributed by atoms with E-state index >= 15 is 0 Å². The fourth-order valence-electron chi connectivity index (χ4n) is 3.18. The lowest BCUT2D eigenvalue weighted by Crippen LogP contribution is -2.24. The van der Waals surface area contributed by atoms with Crippen molar-refractivity contribution in [3.05, 3.63) is 59.7 Å². The Labute approximate surface area is 138 Å². The average Bonchev–Trinajstić information content (AvgIpc) is 3.35. The van der Waals surface area contributed by atoms with Gasteiger partial charge in [0.05, 0.1) is 5.71 Å². The molecule has 3 nitrogen and oxygen atoms in total. The van der Waals surface area contributed by atoms with Crippen LogP contribution in [0.2, 0.25) is 0 Å². The van der Waals surface area contributed by atoms with E-state index in [0.717, 1.165) is 25.0 Å². The second kappa shape index (κ2) is 6.53. The van der Waals surface area contributed by atoms with Crippen LogP contribution in [0.5, 0.6) is 0 Å². The van der Waals surface area contributed by atoms with Gasteiger partial charge in [0.25, 0.3) is 0 Å². The molecule has 0 aliphatic heterocycles. The fraction of sp³-hybridized carbons (Fsp3) is 0.400. The zero-order chi connectivity index (χ0) is 16.4. The predicted molar refractivity (Wildman–Crippen MR) is 94.2 cm³/mol. The molecule has 0 aromatic heterocycles. The number of nitrogens with one attached hydrogen (secondary N) is 1. The molecule has 1 amide bonds. The molecular formula is C20H24N2O. The smallest absolute Gasteiger partial charge is 0.243 e. The van der Waals surface area contributed by atoms with Crippen molar-refractivity contribution in [3.63, 3.8) is 0 Å². The quantitative estimate of drug-likeness (QED) is 0.657. The van der Waals surface area contributed by atoms with Crippen molar-refractivity contribution in [3.8, 4) is 0 Å². The van der Waals surface area contributed by atoms with Crippen LogP contribution in [0.3, 0.4) is 0 Å². The van der Waals surface area contributed by atoms with E-state index in [0.29, 0.717) is 11.8 Å². The van der Waals surface area contributed by atoms with Crippen LogP contribution < -0.4 is 5.43 Å². The third-order valence-corrected chi connectivity index (χ3v) is 4.96. The summed E-state index contributed by atoms with van der Waals surface area (Å²) in [6, 6.07) is 10.2. The molecule has 3 rings (SSSR count). The molecule has 1 aromatic carbocycles. The standard InChI is InChI=1S/C20H24N2O/c1-13(2)16-10-9-14(3)19(11-16)21-22-20(23)18-12-17(18)15-7-5-4-6-8-15/h4-9,16-18H,1,10-12H2,2-3H3,(H,22,23)/b21-19-/t16-,17+,18-/m1/s1. The summed E-state index contributed by atoms with van der Waals surface area (Å²) in [4.78, 5) is 12.3. The minimum atomic E-state index is 0.0385. The summed E-state index contributed by atoms with van der Waals surface area (Å²) >= 11 is 0. The normalized spacial score (nSPS) is 28.2. The van der Waals surface area contributed by atoms with Gasteiger partial charge in [-0.15, -0.1) is 0 Å². The lowest BCUT2D eigenvalue weighted by atomic mass is 9.85. The summed E-state index contributed by atoms with van der Waals surface area (Å²) in [5.74, 6) is 0.887. The number of nitrogens with zero attached hydrogens (tertiary/aromatic N) is 1. The summed E-state index contributed by atoms with van der Waals surface area (Å²) in [6.07, 6.45) is 5.00. The van der Waals surface area contributed by atoms with Crippen molar-refractivity contribution < 1.29 is 4.79 Å². The molecule has 0 saturated heterocycles. The Bertz CT molecular complexity index is 672. The number of allylic oxidation sites excluding steroid dienone is 3. The lowest BCUT2D eigenvalue weighted by Gasteiger charge is -2.22. The van der Waals surface area contributed by atoms with Crippen molar-refractivity contribution >= 4 is 11.6 Å². The van der Waals surface area contributed by atoms with Gasteiger partial charge in [0.15, 0.2) is 0 Å². The molecule has 2 aliphatic carbocycles. The van der Waals surface area contributed by atoms with E-state index in [1.807, 2.05) is 18.2 Å². The van der Waals surface area contributed by atoms with Gasteiger partial charge < -0.3 is 0 Å². The number of rotatable bonds is 4. The van der Waals surface area contributed by atoms with Gasteiger partial charge in [-0.1, -0.05) is 48.6 Å². The van der Waals surface area contributed by atoms with E-state index in [1.165, 1.54) is 16.7 Å². The van der Waals surface area contributed by atoms with Crippen LogP contribution in [0.4, 0.5) is 0 Å². The molecule has 3 heteroatoms. The predicted octanol–water partition coefficient (Wildman–Crippen LogP) is 4.19. The summed E-state index contributed by atoms with van der Waals surface area (Å²) in [7, 11) is 0. The first-order valence-corrected chi connectivity index (χ1v) is 8.30. The zero-order valence-electron chi connectivity index (χ0n) is 13.9. The largest absolute Gasteiger partial charge is 0.273 e. The van der Waals surface area contributed by atoms with E-state index < -0.39 is 0 Å². The molecule has 23 heavy (non-hydrogen) atoms. The molecule has 0 spiro atoms. The molecule has 0 unspecified atom stereocenters. The monoisotopic (exact) mass is 308 g/mol. The van der Waals surface area contributed by atoms with Gasteiger partial charge in [-0.3, -0.25) is 4.79 Å². The van der Waals surface area contributed by atoms with E-state index in [4.69, 9.17) is 0 Å². The Balaban J connectivity index is 1.60. The van der Waals surface area contributed by atoms with E-state index in [2.05, 4.69) is 49.2 Å². The van der Waals surface area contributed by atoms with Gasteiger partial charge in [0.1, 0.15) is 0 Å². The maximum absolute atomic E-state index is 12.3. The highest BCUT2D eigenvalue weighted by Crippen LogP contribution is 2.47. The Morgan fingerprint density at radius 2 is 2.04 bits per heavy atom. The fourth-order valence-corrected chi connectivity index (χ4v) is 3.18. The highest BCUT2D eigenvalue weighted by atomic mass is 16.2. The summed E-state index contributed by atoms with van der Waals surface area (Å²) < 4.78 is 0. The number of hydrazone groups is 1. The van der Waals surface area contributed by atoms with Gasteiger partial charge in [0, 0.05) is 5.92 Å². The van der Waals surface area contributed by atoms with E-state index in [9.17, 15) is 4.79 Å². The van der Waals surface area contributed by atoms with Crippen LogP contribution >= 0.6 is 0 Å². The van der Waals surface area contributed by atoms with Crippen LogP contribution in [0.25, 0.3) is 0 Å². The Morgan fingerprint density at radius 3 is 2.74 bits per heavy atom. The van der Waals surface area contributed by atoms with Crippen molar-refractivity contribution in [2.45, 2.75) is 39.0 Å².